The summed E-state index contributed by atoms with van der Waals surface area (Å²) in [4.78, 5) is 0. The molecule has 0 saturated carbocycles. The Bertz CT molecular complexity index is 502. The fraction of sp³-hybridized carbons (Fsp3) is 0.167. The fourth-order valence-electron chi connectivity index (χ4n) is 1.73. The number of hydrogen-bond donors (Lipinski definition) is 0. The molecular weight excluding hydrogens is 257 g/mol. The van der Waals surface area contributed by atoms with Crippen molar-refractivity contribution in [3.05, 3.63) is 52.0 Å². The number of rotatable bonds is 1. The van der Waals surface area contributed by atoms with Crippen LogP contribution in [-0.4, -0.2) is 4.57 Å². The molecule has 0 aliphatic rings. The molecule has 0 N–H and O–H groups in total. The van der Waals surface area contributed by atoms with Crippen LogP contribution in [0.25, 0.3) is 5.69 Å². The molecule has 0 fully saturated rings. The summed E-state index contributed by atoms with van der Waals surface area (Å²) in [7, 11) is 0. The summed E-state index contributed by atoms with van der Waals surface area (Å²) >= 11 is 3.45. The summed E-state index contributed by atoms with van der Waals surface area (Å²) < 4.78 is 16.5. The Kier molecular flexibility index (Phi) is 2.65. The normalized spacial score (nSPS) is 10.7. The summed E-state index contributed by atoms with van der Waals surface area (Å²) in [6.07, 6.45) is 0. The van der Waals surface area contributed by atoms with E-state index in [1.807, 2.05) is 30.5 Å². The van der Waals surface area contributed by atoms with Gasteiger partial charge in [-0.3, -0.25) is 0 Å². The first-order chi connectivity index (χ1) is 7.11. The van der Waals surface area contributed by atoms with Crippen LogP contribution in [0.15, 0.2) is 34.8 Å². The minimum absolute atomic E-state index is 0.202. The lowest BCUT2D eigenvalue weighted by Gasteiger charge is -2.09. The quantitative estimate of drug-likeness (QED) is 0.736. The first-order valence-electron chi connectivity index (χ1n) is 4.70. The lowest BCUT2D eigenvalue weighted by Crippen LogP contribution is -2.01. The summed E-state index contributed by atoms with van der Waals surface area (Å²) in [6.45, 7) is 3.92. The molecule has 0 unspecified atom stereocenters. The van der Waals surface area contributed by atoms with Gasteiger partial charge >= 0.3 is 0 Å². The van der Waals surface area contributed by atoms with E-state index >= 15 is 0 Å². The summed E-state index contributed by atoms with van der Waals surface area (Å²) in [5.41, 5.74) is 2.63. The second-order valence-electron chi connectivity index (χ2n) is 3.51. The molecule has 1 aromatic carbocycles. The maximum atomic E-state index is 13.6. The largest absolute Gasteiger partial charge is 0.315 e. The Labute approximate surface area is 96.7 Å². The van der Waals surface area contributed by atoms with Gasteiger partial charge in [-0.1, -0.05) is 12.1 Å². The van der Waals surface area contributed by atoms with E-state index in [0.29, 0.717) is 5.69 Å². The minimum atomic E-state index is -0.202. The Morgan fingerprint density at radius 3 is 2.40 bits per heavy atom. The van der Waals surface area contributed by atoms with Crippen molar-refractivity contribution in [3.8, 4) is 5.69 Å². The van der Waals surface area contributed by atoms with Crippen molar-refractivity contribution < 1.29 is 4.39 Å². The van der Waals surface area contributed by atoms with Crippen LogP contribution in [0.1, 0.15) is 11.4 Å². The molecule has 0 amide bonds. The van der Waals surface area contributed by atoms with Crippen LogP contribution in [0.4, 0.5) is 4.39 Å². The van der Waals surface area contributed by atoms with Gasteiger partial charge in [0.05, 0.1) is 5.69 Å². The Hall–Kier alpha value is -1.09. The van der Waals surface area contributed by atoms with E-state index < -0.39 is 0 Å². The molecule has 0 aliphatic heterocycles. The van der Waals surface area contributed by atoms with Gasteiger partial charge < -0.3 is 4.57 Å². The molecular formula is C12H11BrFN. The van der Waals surface area contributed by atoms with Crippen molar-refractivity contribution in [3.63, 3.8) is 0 Å². The van der Waals surface area contributed by atoms with Gasteiger partial charge in [-0.2, -0.15) is 0 Å². The van der Waals surface area contributed by atoms with Crippen LogP contribution in [-0.2, 0) is 0 Å². The van der Waals surface area contributed by atoms with E-state index in [0.717, 1.165) is 15.9 Å². The van der Waals surface area contributed by atoms with Gasteiger partial charge in [-0.05, 0) is 48.0 Å². The number of hydrogen-bond acceptors (Lipinski definition) is 0. The molecule has 1 heterocycles. The molecule has 2 aromatic rings. The third-order valence-corrected chi connectivity index (χ3v) is 3.27. The van der Waals surface area contributed by atoms with Crippen molar-refractivity contribution in [2.45, 2.75) is 13.8 Å². The number of aryl methyl sites for hydroxylation is 1. The monoisotopic (exact) mass is 267 g/mol. The predicted octanol–water partition coefficient (Wildman–Crippen LogP) is 4.00. The van der Waals surface area contributed by atoms with E-state index in [9.17, 15) is 4.39 Å². The first-order valence-corrected chi connectivity index (χ1v) is 5.50. The second kappa shape index (κ2) is 3.81. The SMILES string of the molecule is Cc1cc(Br)c(C)n1-c1ccccc1F. The van der Waals surface area contributed by atoms with Crippen LogP contribution in [0, 0.1) is 19.7 Å². The van der Waals surface area contributed by atoms with E-state index in [4.69, 9.17) is 0 Å². The summed E-state index contributed by atoms with van der Waals surface area (Å²) in [5.74, 6) is -0.202. The summed E-state index contributed by atoms with van der Waals surface area (Å²) in [6, 6.07) is 8.78. The number of benzene rings is 1. The van der Waals surface area contributed by atoms with Crippen molar-refractivity contribution in [2.75, 3.05) is 0 Å². The Morgan fingerprint density at radius 1 is 1.20 bits per heavy atom. The van der Waals surface area contributed by atoms with Crippen LogP contribution in [0.2, 0.25) is 0 Å². The molecule has 0 bridgehead atoms. The highest BCUT2D eigenvalue weighted by molar-refractivity contribution is 9.10. The number of halogens is 2. The maximum Gasteiger partial charge on any atom is 0.147 e. The second-order valence-corrected chi connectivity index (χ2v) is 4.36. The van der Waals surface area contributed by atoms with Crippen molar-refractivity contribution in [1.29, 1.82) is 0 Å². The minimum Gasteiger partial charge on any atom is -0.315 e. The average Bonchev–Trinajstić information content (AvgIpc) is 2.43. The molecule has 0 spiro atoms. The molecule has 0 atom stereocenters. The number of aromatic nitrogens is 1. The lowest BCUT2D eigenvalue weighted by atomic mass is 10.3. The zero-order valence-corrected chi connectivity index (χ0v) is 10.2. The third-order valence-electron chi connectivity index (χ3n) is 2.46. The Balaban J connectivity index is 2.69. The van der Waals surface area contributed by atoms with Crippen LogP contribution in [0.3, 0.4) is 0 Å². The van der Waals surface area contributed by atoms with Crippen LogP contribution in [0.5, 0.6) is 0 Å². The van der Waals surface area contributed by atoms with Crippen molar-refractivity contribution in [1.82, 2.24) is 4.57 Å². The van der Waals surface area contributed by atoms with Gasteiger partial charge in [0.25, 0.3) is 0 Å². The van der Waals surface area contributed by atoms with Crippen LogP contribution >= 0.6 is 15.9 Å². The van der Waals surface area contributed by atoms with E-state index in [1.165, 1.54) is 6.07 Å². The molecule has 0 saturated heterocycles. The predicted molar refractivity (Wildman–Crippen MR) is 62.9 cm³/mol. The Morgan fingerprint density at radius 2 is 1.87 bits per heavy atom. The fourth-order valence-corrected chi connectivity index (χ4v) is 2.24. The van der Waals surface area contributed by atoms with Crippen molar-refractivity contribution in [2.24, 2.45) is 0 Å². The molecule has 0 aliphatic carbocycles. The van der Waals surface area contributed by atoms with Crippen LogP contribution < -0.4 is 0 Å². The maximum absolute atomic E-state index is 13.6. The molecule has 1 aromatic heterocycles. The van der Waals surface area contributed by atoms with E-state index in [1.54, 1.807) is 12.1 Å². The van der Waals surface area contributed by atoms with Gasteiger partial charge in [-0.25, -0.2) is 4.39 Å². The average molecular weight is 268 g/mol. The van der Waals surface area contributed by atoms with Gasteiger partial charge in [0.2, 0.25) is 0 Å². The third kappa shape index (κ3) is 1.72. The number of para-hydroxylation sites is 1. The topological polar surface area (TPSA) is 4.93 Å². The molecule has 3 heteroatoms. The molecule has 15 heavy (non-hydrogen) atoms. The van der Waals surface area contributed by atoms with Crippen molar-refractivity contribution >= 4 is 15.9 Å². The number of nitrogens with zero attached hydrogens (tertiary/aromatic N) is 1. The molecule has 2 rings (SSSR count). The highest BCUT2D eigenvalue weighted by atomic mass is 79.9. The highest BCUT2D eigenvalue weighted by Crippen LogP contribution is 2.25. The van der Waals surface area contributed by atoms with Gasteiger partial charge in [0, 0.05) is 15.9 Å². The molecule has 0 radical (unpaired) electrons. The van der Waals surface area contributed by atoms with E-state index in [2.05, 4.69) is 15.9 Å². The first kappa shape index (κ1) is 10.4. The molecule has 1 nitrogen and oxygen atoms in total. The lowest BCUT2D eigenvalue weighted by molar-refractivity contribution is 0.615. The summed E-state index contributed by atoms with van der Waals surface area (Å²) in [5, 5.41) is 0. The standard InChI is InChI=1S/C12H11BrFN/c1-8-7-10(13)9(2)15(8)12-6-4-3-5-11(12)14/h3-7H,1-2H3. The molecule has 78 valence electrons. The van der Waals surface area contributed by atoms with Gasteiger partial charge in [0.15, 0.2) is 0 Å². The smallest absolute Gasteiger partial charge is 0.147 e. The van der Waals surface area contributed by atoms with Gasteiger partial charge in [0.1, 0.15) is 5.82 Å². The highest BCUT2D eigenvalue weighted by Gasteiger charge is 2.11. The van der Waals surface area contributed by atoms with E-state index in [-0.39, 0.29) is 5.82 Å². The van der Waals surface area contributed by atoms with Gasteiger partial charge in [-0.15, -0.1) is 0 Å². The zero-order valence-electron chi connectivity index (χ0n) is 8.59. The zero-order chi connectivity index (χ0) is 11.0.